The molecule has 2 rings (SSSR count). The SMILES string of the molecule is O=S(=O)(NCC1CCCCC1O)c1ccc(I)cc1. The van der Waals surface area contributed by atoms with Crippen molar-refractivity contribution in [2.75, 3.05) is 6.54 Å². The van der Waals surface area contributed by atoms with Crippen LogP contribution in [-0.2, 0) is 10.0 Å². The average molecular weight is 395 g/mol. The smallest absolute Gasteiger partial charge is 0.240 e. The summed E-state index contributed by atoms with van der Waals surface area (Å²) in [5.41, 5.74) is 0. The second-order valence-corrected chi connectivity index (χ2v) is 7.93. The third-order valence-electron chi connectivity index (χ3n) is 3.53. The van der Waals surface area contributed by atoms with Crippen LogP contribution in [-0.4, -0.2) is 26.2 Å². The second-order valence-electron chi connectivity index (χ2n) is 4.92. The zero-order valence-electron chi connectivity index (χ0n) is 10.5. The van der Waals surface area contributed by atoms with Gasteiger partial charge >= 0.3 is 0 Å². The Morgan fingerprint density at radius 1 is 1.21 bits per heavy atom. The Labute approximate surface area is 127 Å². The molecule has 1 fully saturated rings. The normalized spacial score (nSPS) is 24.3. The second kappa shape index (κ2) is 6.51. The Hall–Kier alpha value is -0.180. The van der Waals surface area contributed by atoms with Crippen molar-refractivity contribution >= 4 is 32.6 Å². The Morgan fingerprint density at radius 2 is 1.84 bits per heavy atom. The highest BCUT2D eigenvalue weighted by Gasteiger charge is 2.25. The van der Waals surface area contributed by atoms with Crippen molar-refractivity contribution in [3.8, 4) is 0 Å². The molecule has 4 nitrogen and oxygen atoms in total. The number of aliphatic hydroxyl groups excluding tert-OH is 1. The number of sulfonamides is 1. The first-order chi connectivity index (χ1) is 8.99. The largest absolute Gasteiger partial charge is 0.393 e. The quantitative estimate of drug-likeness (QED) is 0.768. The lowest BCUT2D eigenvalue weighted by Gasteiger charge is -2.27. The number of hydrogen-bond donors (Lipinski definition) is 2. The molecule has 0 amide bonds. The van der Waals surface area contributed by atoms with Crippen molar-refractivity contribution in [1.29, 1.82) is 0 Å². The third-order valence-corrected chi connectivity index (χ3v) is 5.69. The molecule has 0 bridgehead atoms. The van der Waals surface area contributed by atoms with E-state index in [1.807, 2.05) is 0 Å². The van der Waals surface area contributed by atoms with E-state index in [4.69, 9.17) is 0 Å². The van der Waals surface area contributed by atoms with Crippen LogP contribution in [0.3, 0.4) is 0 Å². The molecule has 2 unspecified atom stereocenters. The lowest BCUT2D eigenvalue weighted by atomic mass is 9.87. The zero-order valence-corrected chi connectivity index (χ0v) is 13.5. The fraction of sp³-hybridized carbons (Fsp3) is 0.538. The molecular formula is C13H18INO3S. The molecule has 19 heavy (non-hydrogen) atoms. The predicted molar refractivity (Wildman–Crippen MR) is 82.3 cm³/mol. The summed E-state index contributed by atoms with van der Waals surface area (Å²) in [5, 5.41) is 9.84. The van der Waals surface area contributed by atoms with Crippen LogP contribution in [0.15, 0.2) is 29.2 Å². The zero-order chi connectivity index (χ0) is 13.9. The Balaban J connectivity index is 1.99. The summed E-state index contributed by atoms with van der Waals surface area (Å²) < 4.78 is 27.8. The summed E-state index contributed by atoms with van der Waals surface area (Å²) in [7, 11) is -3.46. The standard InChI is InChI=1S/C13H18INO3S/c14-11-5-7-12(8-6-11)19(17,18)15-9-10-3-1-2-4-13(10)16/h5-8,10,13,15-16H,1-4,9H2. The molecule has 2 atom stereocenters. The van der Waals surface area contributed by atoms with E-state index in [1.165, 1.54) is 0 Å². The van der Waals surface area contributed by atoms with Crippen molar-refractivity contribution in [3.63, 3.8) is 0 Å². The van der Waals surface area contributed by atoms with Gasteiger partial charge in [0.1, 0.15) is 0 Å². The molecule has 0 aliphatic heterocycles. The Kier molecular flexibility index (Phi) is 5.22. The third kappa shape index (κ3) is 4.14. The van der Waals surface area contributed by atoms with E-state index >= 15 is 0 Å². The highest BCUT2D eigenvalue weighted by atomic mass is 127. The van der Waals surface area contributed by atoms with Crippen LogP contribution in [0, 0.1) is 9.49 Å². The van der Waals surface area contributed by atoms with E-state index in [0.29, 0.717) is 6.54 Å². The lowest BCUT2D eigenvalue weighted by molar-refractivity contribution is 0.0724. The first-order valence-corrected chi connectivity index (χ1v) is 8.98. The number of halogens is 1. The van der Waals surface area contributed by atoms with E-state index in [1.54, 1.807) is 24.3 Å². The molecule has 0 aromatic heterocycles. The van der Waals surface area contributed by atoms with Gasteiger partial charge in [-0.25, -0.2) is 13.1 Å². The van der Waals surface area contributed by atoms with Gasteiger partial charge < -0.3 is 5.11 Å². The van der Waals surface area contributed by atoms with E-state index in [0.717, 1.165) is 29.3 Å². The average Bonchev–Trinajstić information content (AvgIpc) is 2.38. The monoisotopic (exact) mass is 395 g/mol. The Morgan fingerprint density at radius 3 is 2.47 bits per heavy atom. The molecule has 1 saturated carbocycles. The van der Waals surface area contributed by atoms with Gasteiger partial charge in [-0.15, -0.1) is 0 Å². The molecular weight excluding hydrogens is 377 g/mol. The maximum absolute atomic E-state index is 12.1. The number of benzene rings is 1. The van der Waals surface area contributed by atoms with Gasteiger partial charge in [0, 0.05) is 10.1 Å². The first-order valence-electron chi connectivity index (χ1n) is 6.42. The van der Waals surface area contributed by atoms with Crippen LogP contribution in [0.1, 0.15) is 25.7 Å². The molecule has 1 aliphatic carbocycles. The van der Waals surface area contributed by atoms with E-state index in [2.05, 4.69) is 27.3 Å². The van der Waals surface area contributed by atoms with Crippen LogP contribution < -0.4 is 4.72 Å². The molecule has 1 aliphatic rings. The topological polar surface area (TPSA) is 66.4 Å². The molecule has 1 aromatic rings. The lowest BCUT2D eigenvalue weighted by Crippen LogP contribution is -2.36. The maximum atomic E-state index is 12.1. The van der Waals surface area contributed by atoms with Crippen LogP contribution in [0.4, 0.5) is 0 Å². The highest BCUT2D eigenvalue weighted by Crippen LogP contribution is 2.24. The van der Waals surface area contributed by atoms with Crippen LogP contribution in [0.2, 0.25) is 0 Å². The summed E-state index contributed by atoms with van der Waals surface area (Å²) in [6, 6.07) is 6.73. The fourth-order valence-corrected chi connectivity index (χ4v) is 3.79. The van der Waals surface area contributed by atoms with Gasteiger partial charge in [-0.05, 0) is 65.6 Å². The van der Waals surface area contributed by atoms with Crippen molar-refractivity contribution in [2.45, 2.75) is 36.7 Å². The Bertz CT molecular complexity index is 515. The number of aliphatic hydroxyl groups is 1. The summed E-state index contributed by atoms with van der Waals surface area (Å²) in [6.07, 6.45) is 3.37. The van der Waals surface area contributed by atoms with Gasteiger partial charge in [0.05, 0.1) is 11.0 Å². The van der Waals surface area contributed by atoms with Gasteiger partial charge in [0.15, 0.2) is 0 Å². The molecule has 0 heterocycles. The van der Waals surface area contributed by atoms with Crippen molar-refractivity contribution in [2.24, 2.45) is 5.92 Å². The van der Waals surface area contributed by atoms with Gasteiger partial charge in [-0.1, -0.05) is 12.8 Å². The van der Waals surface area contributed by atoms with Crippen LogP contribution in [0.5, 0.6) is 0 Å². The van der Waals surface area contributed by atoms with Gasteiger partial charge in [-0.3, -0.25) is 0 Å². The number of hydrogen-bond acceptors (Lipinski definition) is 3. The van der Waals surface area contributed by atoms with Gasteiger partial charge in [-0.2, -0.15) is 0 Å². The number of nitrogens with one attached hydrogen (secondary N) is 1. The summed E-state index contributed by atoms with van der Waals surface area (Å²) in [6.45, 7) is 0.315. The highest BCUT2D eigenvalue weighted by molar-refractivity contribution is 14.1. The van der Waals surface area contributed by atoms with Crippen LogP contribution in [0.25, 0.3) is 0 Å². The molecule has 0 saturated heterocycles. The molecule has 6 heteroatoms. The summed E-state index contributed by atoms with van der Waals surface area (Å²) >= 11 is 2.14. The number of rotatable bonds is 4. The van der Waals surface area contributed by atoms with Gasteiger partial charge in [0.2, 0.25) is 10.0 Å². The van der Waals surface area contributed by atoms with E-state index in [9.17, 15) is 13.5 Å². The van der Waals surface area contributed by atoms with Crippen LogP contribution >= 0.6 is 22.6 Å². The molecule has 1 aromatic carbocycles. The predicted octanol–water partition coefficient (Wildman–Crippen LogP) is 2.12. The fourth-order valence-electron chi connectivity index (χ4n) is 2.34. The van der Waals surface area contributed by atoms with E-state index < -0.39 is 10.0 Å². The van der Waals surface area contributed by atoms with Crippen molar-refractivity contribution < 1.29 is 13.5 Å². The summed E-state index contributed by atoms with van der Waals surface area (Å²) in [4.78, 5) is 0.276. The molecule has 106 valence electrons. The van der Waals surface area contributed by atoms with E-state index in [-0.39, 0.29) is 16.9 Å². The van der Waals surface area contributed by atoms with Gasteiger partial charge in [0.25, 0.3) is 0 Å². The minimum Gasteiger partial charge on any atom is -0.393 e. The molecule has 0 radical (unpaired) electrons. The first kappa shape index (κ1) is 15.2. The minimum absolute atomic E-state index is 0.0346. The van der Waals surface area contributed by atoms with Crippen molar-refractivity contribution in [1.82, 2.24) is 4.72 Å². The molecule has 2 N–H and O–H groups in total. The van der Waals surface area contributed by atoms with Crippen molar-refractivity contribution in [3.05, 3.63) is 27.8 Å². The minimum atomic E-state index is -3.46. The molecule has 0 spiro atoms. The maximum Gasteiger partial charge on any atom is 0.240 e. The summed E-state index contributed by atoms with van der Waals surface area (Å²) in [5.74, 6) is 0.0346.